The van der Waals surface area contributed by atoms with Crippen LogP contribution in [0, 0.1) is 19.1 Å². The van der Waals surface area contributed by atoms with Crippen molar-refractivity contribution in [1.29, 1.82) is 0 Å². The highest BCUT2D eigenvalue weighted by molar-refractivity contribution is 6.40. The second-order valence-corrected chi connectivity index (χ2v) is 14.9. The Labute approximate surface area is 324 Å². The predicted octanol–water partition coefficient (Wildman–Crippen LogP) is 5.63. The number of carbonyl (C=O) groups is 4. The summed E-state index contributed by atoms with van der Waals surface area (Å²) in [5.41, 5.74) is -0.278. The molecule has 14 nitrogen and oxygen atoms in total. The van der Waals surface area contributed by atoms with Gasteiger partial charge in [-0.3, -0.25) is 14.4 Å². The molecule has 7 rings (SSSR count). The molecule has 5 aliphatic heterocycles. The van der Waals surface area contributed by atoms with Crippen LogP contribution < -0.4 is 24.3 Å². The largest absolute Gasteiger partial charge is 0.464 e. The average molecular weight is 785 g/mol. The summed E-state index contributed by atoms with van der Waals surface area (Å²) >= 11 is 9.53. The summed E-state index contributed by atoms with van der Waals surface area (Å²) in [5, 5.41) is 2.89. The molecule has 5 heterocycles. The number of hydrogen-bond donors (Lipinski definition) is 1. The van der Waals surface area contributed by atoms with Crippen LogP contribution in [0.4, 0.5) is 0 Å². The third-order valence-corrected chi connectivity index (χ3v) is 10.1. The Hall–Kier alpha value is -4.92. The van der Waals surface area contributed by atoms with Crippen LogP contribution in [0.15, 0.2) is 36.4 Å². The van der Waals surface area contributed by atoms with Gasteiger partial charge >= 0.3 is 5.97 Å². The minimum absolute atomic E-state index is 0.142. The van der Waals surface area contributed by atoms with Crippen molar-refractivity contribution in [2.24, 2.45) is 5.92 Å². The molecule has 54 heavy (non-hydrogen) atoms. The van der Waals surface area contributed by atoms with E-state index in [4.69, 9.17) is 60.0 Å². The Morgan fingerprint density at radius 1 is 0.907 bits per heavy atom. The van der Waals surface area contributed by atoms with Crippen molar-refractivity contribution in [2.75, 3.05) is 25.5 Å². The number of benzene rings is 2. The summed E-state index contributed by atoms with van der Waals surface area (Å²) in [5.74, 6) is 1.15. The maximum atomic E-state index is 13.0. The molecule has 0 aromatic heterocycles. The number of rotatable bonds is 5. The number of fused-ring (bicyclic) bond motifs is 3. The summed E-state index contributed by atoms with van der Waals surface area (Å²) in [6.45, 7) is 26.5. The van der Waals surface area contributed by atoms with Gasteiger partial charge in [0, 0.05) is 19.8 Å². The van der Waals surface area contributed by atoms with Crippen molar-refractivity contribution in [3.05, 3.63) is 70.4 Å². The highest BCUT2D eigenvalue weighted by Gasteiger charge is 2.62. The van der Waals surface area contributed by atoms with E-state index in [1.165, 1.54) is 4.90 Å². The molecule has 1 N–H and O–H groups in total. The molecule has 0 saturated carbocycles. The number of piperazine rings is 1. The van der Waals surface area contributed by atoms with Crippen molar-refractivity contribution in [3.8, 4) is 23.0 Å². The first-order valence-corrected chi connectivity index (χ1v) is 18.5. The molecule has 16 heteroatoms. The van der Waals surface area contributed by atoms with Crippen LogP contribution in [-0.4, -0.2) is 88.2 Å². The van der Waals surface area contributed by atoms with Gasteiger partial charge in [0.2, 0.25) is 31.3 Å². The van der Waals surface area contributed by atoms with Gasteiger partial charge in [-0.2, -0.15) is 0 Å². The van der Waals surface area contributed by atoms with Crippen molar-refractivity contribution < 1.29 is 42.9 Å². The van der Waals surface area contributed by atoms with E-state index >= 15 is 0 Å². The van der Waals surface area contributed by atoms with E-state index in [0.29, 0.717) is 29.4 Å². The number of amides is 3. The van der Waals surface area contributed by atoms with E-state index < -0.39 is 47.3 Å². The fraction of sp³-hybridized carbons (Fsp3) is 0.526. The molecule has 0 bridgehead atoms. The van der Waals surface area contributed by atoms with Crippen molar-refractivity contribution in [3.63, 3.8) is 0 Å². The SMILES string of the molecule is ClCCl.[C-]#[N+][C@@]1(C)C[C@@H](C(=O)OCC)N(C(=O)C(C)C)[C@H]1c1ccc2c(c1)OCO2.[C-]#[N+][C@@]1(C)C[C@H]2C(=O)N[C@@H](C)C(=O)N2[C@H]1c1ccc2c(c1)OCO2. The topological polar surface area (TPSA) is 142 Å². The summed E-state index contributed by atoms with van der Waals surface area (Å²) in [6, 6.07) is 7.79. The van der Waals surface area contributed by atoms with Crippen LogP contribution in [0.5, 0.6) is 23.0 Å². The summed E-state index contributed by atoms with van der Waals surface area (Å²) in [6.07, 6.45) is 0.548. The molecule has 3 amide bonds. The van der Waals surface area contributed by atoms with Crippen LogP contribution >= 0.6 is 23.2 Å². The standard InChI is InChI=1S/C20H24N2O5.C17H17N3O4.CH2Cl2/c1-6-25-19(24)14-10-20(4,21-5)17(22(14)18(23)12(2)3)13-7-8-15-16(9-13)27-11-26-15;1-9-16(22)20-11(15(21)19-9)7-17(2,18-3)14(20)10-4-5-12-13(6-10)24-8-23-12;2-1-3/h7-9,12,14,17H,6,10-11H2,1-4H3;4-6,9,11,14H,7-8H2,1-2H3,(H,19,21);1H2/t14-,17-,20-;9-,11-,14-,17-;/m00./s1. The normalized spacial score (nSPS) is 28.5. The molecule has 3 saturated heterocycles. The number of carbonyl (C=O) groups excluding carboxylic acids is 4. The van der Waals surface area contributed by atoms with Crippen LogP contribution in [0.1, 0.15) is 77.6 Å². The monoisotopic (exact) mass is 783 g/mol. The number of nitrogens with zero attached hydrogens (tertiary/aromatic N) is 4. The molecule has 0 unspecified atom stereocenters. The fourth-order valence-electron chi connectivity index (χ4n) is 7.69. The lowest BCUT2D eigenvalue weighted by atomic mass is 9.87. The van der Waals surface area contributed by atoms with E-state index in [9.17, 15) is 19.2 Å². The molecule has 0 radical (unpaired) electrons. The van der Waals surface area contributed by atoms with E-state index in [1.54, 1.807) is 64.6 Å². The Bertz CT molecular complexity index is 1880. The fourth-order valence-corrected chi connectivity index (χ4v) is 7.69. The minimum atomic E-state index is -0.949. The van der Waals surface area contributed by atoms with Crippen LogP contribution in [0.2, 0.25) is 0 Å². The molecule has 2 aromatic carbocycles. The van der Waals surface area contributed by atoms with Crippen LogP contribution in [0.25, 0.3) is 9.69 Å². The van der Waals surface area contributed by atoms with Gasteiger partial charge in [-0.25, -0.2) is 17.9 Å². The van der Waals surface area contributed by atoms with Gasteiger partial charge in [-0.05, 0) is 49.2 Å². The third-order valence-electron chi connectivity index (χ3n) is 10.1. The number of ether oxygens (including phenoxy) is 5. The Kier molecular flexibility index (Phi) is 12.1. The quantitative estimate of drug-likeness (QED) is 0.232. The van der Waals surface area contributed by atoms with Crippen molar-refractivity contribution in [1.82, 2.24) is 15.1 Å². The number of nitrogens with one attached hydrogen (secondary N) is 1. The molecule has 7 atom stereocenters. The van der Waals surface area contributed by atoms with Crippen molar-refractivity contribution >= 4 is 46.9 Å². The van der Waals surface area contributed by atoms with Gasteiger partial charge in [0.15, 0.2) is 23.0 Å². The Morgan fingerprint density at radius 3 is 1.91 bits per heavy atom. The zero-order valence-electron chi connectivity index (χ0n) is 30.9. The molecule has 5 aliphatic rings. The van der Waals surface area contributed by atoms with Crippen LogP contribution in [-0.2, 0) is 23.9 Å². The summed E-state index contributed by atoms with van der Waals surface area (Å²) in [4.78, 5) is 61.5. The number of halogens is 2. The van der Waals surface area contributed by atoms with Crippen molar-refractivity contribution in [2.45, 2.75) is 95.7 Å². The summed E-state index contributed by atoms with van der Waals surface area (Å²) < 4.78 is 26.8. The predicted molar refractivity (Wildman–Crippen MR) is 197 cm³/mol. The van der Waals surface area contributed by atoms with Gasteiger partial charge in [0.05, 0.1) is 24.8 Å². The van der Waals surface area contributed by atoms with Gasteiger partial charge in [0.1, 0.15) is 30.2 Å². The van der Waals surface area contributed by atoms with Gasteiger partial charge in [-0.1, -0.05) is 26.0 Å². The van der Waals surface area contributed by atoms with Gasteiger partial charge < -0.3 is 48.5 Å². The van der Waals surface area contributed by atoms with E-state index in [-0.39, 0.29) is 55.6 Å². The molecular weight excluding hydrogens is 741 g/mol. The second-order valence-electron chi connectivity index (χ2n) is 14.1. The Morgan fingerprint density at radius 2 is 1.41 bits per heavy atom. The zero-order valence-corrected chi connectivity index (χ0v) is 32.4. The molecule has 3 fully saturated rings. The first-order valence-electron chi connectivity index (χ1n) is 17.5. The van der Waals surface area contributed by atoms with E-state index in [2.05, 4.69) is 15.0 Å². The van der Waals surface area contributed by atoms with Gasteiger partial charge in [0.25, 0.3) is 11.1 Å². The van der Waals surface area contributed by atoms with Gasteiger partial charge in [-0.15, -0.1) is 23.2 Å². The number of esters is 1. The van der Waals surface area contributed by atoms with E-state index in [0.717, 1.165) is 11.1 Å². The maximum absolute atomic E-state index is 13.0. The molecule has 0 spiro atoms. The molecule has 2 aromatic rings. The molecule has 288 valence electrons. The first kappa shape index (κ1) is 40.3. The van der Waals surface area contributed by atoms with Crippen LogP contribution in [0.3, 0.4) is 0 Å². The minimum Gasteiger partial charge on any atom is -0.464 e. The first-order chi connectivity index (χ1) is 25.7. The number of likely N-dealkylation sites (tertiary alicyclic amines) is 1. The van der Waals surface area contributed by atoms with E-state index in [1.807, 2.05) is 18.2 Å². The maximum Gasteiger partial charge on any atom is 0.329 e. The highest BCUT2D eigenvalue weighted by Crippen LogP contribution is 2.51. The summed E-state index contributed by atoms with van der Waals surface area (Å²) in [7, 11) is 0. The highest BCUT2D eigenvalue weighted by atomic mass is 35.5. The lowest BCUT2D eigenvalue weighted by molar-refractivity contribution is -0.155. The Balaban J connectivity index is 0.000000195. The smallest absolute Gasteiger partial charge is 0.329 e. The molecule has 0 aliphatic carbocycles. The number of hydrogen-bond acceptors (Lipinski definition) is 9. The average Bonchev–Trinajstić information content (AvgIpc) is 3.94. The number of alkyl halides is 2. The third kappa shape index (κ3) is 7.42. The lowest BCUT2D eigenvalue weighted by Crippen LogP contribution is -2.60. The molecular formula is C38H43Cl2N5O9. The lowest BCUT2D eigenvalue weighted by Gasteiger charge is -2.36. The zero-order chi connectivity index (χ0) is 39.5. The second kappa shape index (κ2) is 16.2.